The molecule has 2 rings (SSSR count). The van der Waals surface area contributed by atoms with Crippen LogP contribution in [0.15, 0.2) is 12.1 Å². The summed E-state index contributed by atoms with van der Waals surface area (Å²) in [6.07, 6.45) is 1.81. The van der Waals surface area contributed by atoms with Gasteiger partial charge in [-0.05, 0) is 31.4 Å². The summed E-state index contributed by atoms with van der Waals surface area (Å²) in [5.41, 5.74) is -0.120. The standard InChI is InChI=1S/C12H13F2NO/c1-8-4-5-9(13)10(11(8)14)12(16)15-6-2-3-7-15/h4-5H,2-3,6-7H2,1H3. The number of halogens is 2. The fourth-order valence-electron chi connectivity index (χ4n) is 1.93. The quantitative estimate of drug-likeness (QED) is 0.719. The van der Waals surface area contributed by atoms with Crippen LogP contribution in [0.5, 0.6) is 0 Å². The summed E-state index contributed by atoms with van der Waals surface area (Å²) < 4.78 is 27.1. The van der Waals surface area contributed by atoms with E-state index >= 15 is 0 Å². The first-order valence-corrected chi connectivity index (χ1v) is 5.35. The summed E-state index contributed by atoms with van der Waals surface area (Å²) in [5, 5.41) is 0. The third-order valence-corrected chi connectivity index (χ3v) is 2.89. The van der Waals surface area contributed by atoms with Gasteiger partial charge in [-0.3, -0.25) is 4.79 Å². The van der Waals surface area contributed by atoms with Crippen molar-refractivity contribution in [3.05, 3.63) is 34.9 Å². The van der Waals surface area contributed by atoms with E-state index in [2.05, 4.69) is 0 Å². The molecule has 2 nitrogen and oxygen atoms in total. The maximum Gasteiger partial charge on any atom is 0.259 e. The zero-order chi connectivity index (χ0) is 11.7. The van der Waals surface area contributed by atoms with E-state index in [0.717, 1.165) is 18.9 Å². The van der Waals surface area contributed by atoms with E-state index < -0.39 is 23.1 Å². The minimum absolute atomic E-state index is 0.295. The van der Waals surface area contributed by atoms with Crippen LogP contribution >= 0.6 is 0 Å². The molecule has 1 amide bonds. The molecule has 0 aromatic heterocycles. The van der Waals surface area contributed by atoms with Crippen LogP contribution < -0.4 is 0 Å². The number of hydrogen-bond donors (Lipinski definition) is 0. The highest BCUT2D eigenvalue weighted by molar-refractivity contribution is 5.95. The van der Waals surface area contributed by atoms with Gasteiger partial charge in [-0.1, -0.05) is 6.07 Å². The molecule has 1 fully saturated rings. The number of hydrogen-bond acceptors (Lipinski definition) is 1. The van der Waals surface area contributed by atoms with E-state index in [-0.39, 0.29) is 0 Å². The fraction of sp³-hybridized carbons (Fsp3) is 0.417. The zero-order valence-electron chi connectivity index (χ0n) is 9.09. The molecule has 0 saturated carbocycles. The first kappa shape index (κ1) is 11.0. The Bertz CT molecular complexity index is 425. The predicted octanol–water partition coefficient (Wildman–Crippen LogP) is 2.51. The highest BCUT2D eigenvalue weighted by atomic mass is 19.1. The topological polar surface area (TPSA) is 20.3 Å². The first-order chi connectivity index (χ1) is 7.61. The Morgan fingerprint density at radius 2 is 1.88 bits per heavy atom. The lowest BCUT2D eigenvalue weighted by Crippen LogP contribution is -2.29. The second-order valence-electron chi connectivity index (χ2n) is 4.05. The van der Waals surface area contributed by atoms with Gasteiger partial charge in [0, 0.05) is 13.1 Å². The maximum absolute atomic E-state index is 13.7. The molecular weight excluding hydrogens is 212 g/mol. The van der Waals surface area contributed by atoms with E-state index in [0.29, 0.717) is 18.7 Å². The van der Waals surface area contributed by atoms with Crippen molar-refractivity contribution in [1.82, 2.24) is 4.90 Å². The predicted molar refractivity (Wildman–Crippen MR) is 56.2 cm³/mol. The molecule has 0 unspecified atom stereocenters. The van der Waals surface area contributed by atoms with E-state index in [4.69, 9.17) is 0 Å². The highest BCUT2D eigenvalue weighted by Gasteiger charge is 2.25. The molecule has 0 spiro atoms. The van der Waals surface area contributed by atoms with Crippen LogP contribution in [-0.4, -0.2) is 23.9 Å². The molecule has 16 heavy (non-hydrogen) atoms. The Hall–Kier alpha value is -1.45. The van der Waals surface area contributed by atoms with Crippen molar-refractivity contribution < 1.29 is 13.6 Å². The number of amides is 1. The van der Waals surface area contributed by atoms with Gasteiger partial charge in [-0.25, -0.2) is 8.78 Å². The van der Waals surface area contributed by atoms with E-state index in [1.54, 1.807) is 0 Å². The maximum atomic E-state index is 13.7. The van der Waals surface area contributed by atoms with E-state index in [1.165, 1.54) is 17.9 Å². The third-order valence-electron chi connectivity index (χ3n) is 2.89. The molecule has 0 atom stereocenters. The second-order valence-corrected chi connectivity index (χ2v) is 4.05. The number of carbonyl (C=O) groups excluding carboxylic acids is 1. The van der Waals surface area contributed by atoms with Gasteiger partial charge in [-0.2, -0.15) is 0 Å². The molecule has 0 bridgehead atoms. The average molecular weight is 225 g/mol. The number of benzene rings is 1. The Kier molecular flexibility index (Phi) is 2.90. The molecule has 1 aliphatic heterocycles. The minimum Gasteiger partial charge on any atom is -0.338 e. The molecule has 1 saturated heterocycles. The van der Waals surface area contributed by atoms with Gasteiger partial charge in [0.2, 0.25) is 0 Å². The van der Waals surface area contributed by atoms with Crippen molar-refractivity contribution in [3.8, 4) is 0 Å². The smallest absolute Gasteiger partial charge is 0.259 e. The average Bonchev–Trinajstić information content (AvgIpc) is 2.77. The molecule has 1 aromatic rings. The first-order valence-electron chi connectivity index (χ1n) is 5.35. The van der Waals surface area contributed by atoms with Crippen molar-refractivity contribution in [1.29, 1.82) is 0 Å². The number of nitrogens with zero attached hydrogens (tertiary/aromatic N) is 1. The zero-order valence-corrected chi connectivity index (χ0v) is 9.09. The lowest BCUT2D eigenvalue weighted by molar-refractivity contribution is 0.0783. The highest BCUT2D eigenvalue weighted by Crippen LogP contribution is 2.20. The van der Waals surface area contributed by atoms with Crippen molar-refractivity contribution in [3.63, 3.8) is 0 Å². The largest absolute Gasteiger partial charge is 0.338 e. The third kappa shape index (κ3) is 1.79. The molecule has 1 heterocycles. The fourth-order valence-corrected chi connectivity index (χ4v) is 1.93. The monoisotopic (exact) mass is 225 g/mol. The van der Waals surface area contributed by atoms with Gasteiger partial charge in [0.1, 0.15) is 17.2 Å². The lowest BCUT2D eigenvalue weighted by atomic mass is 10.1. The van der Waals surface area contributed by atoms with Crippen LogP contribution in [0, 0.1) is 18.6 Å². The molecule has 1 aliphatic rings. The summed E-state index contributed by atoms with van der Waals surface area (Å²) >= 11 is 0. The molecule has 86 valence electrons. The Morgan fingerprint density at radius 3 is 2.50 bits per heavy atom. The molecular formula is C12H13F2NO. The Labute approximate surface area is 92.9 Å². The molecule has 0 aliphatic carbocycles. The number of carbonyl (C=O) groups is 1. The second kappa shape index (κ2) is 4.20. The van der Waals surface area contributed by atoms with Crippen LogP contribution in [0.3, 0.4) is 0 Å². The van der Waals surface area contributed by atoms with Crippen LogP contribution in [-0.2, 0) is 0 Å². The van der Waals surface area contributed by atoms with E-state index in [1.807, 2.05) is 0 Å². The number of aryl methyl sites for hydroxylation is 1. The summed E-state index contributed by atoms with van der Waals surface area (Å²) in [5.74, 6) is -2.05. The van der Waals surface area contributed by atoms with Crippen LogP contribution in [0.4, 0.5) is 8.78 Å². The molecule has 4 heteroatoms. The molecule has 1 aromatic carbocycles. The summed E-state index contributed by atoms with van der Waals surface area (Å²) in [6, 6.07) is 2.48. The van der Waals surface area contributed by atoms with Crippen molar-refractivity contribution in [2.75, 3.05) is 13.1 Å². The van der Waals surface area contributed by atoms with Crippen LogP contribution in [0.25, 0.3) is 0 Å². The van der Waals surface area contributed by atoms with Gasteiger partial charge in [0.05, 0.1) is 0 Å². The van der Waals surface area contributed by atoms with Crippen LogP contribution in [0.2, 0.25) is 0 Å². The number of likely N-dealkylation sites (tertiary alicyclic amines) is 1. The Balaban J connectivity index is 2.39. The molecule has 0 N–H and O–H groups in total. The van der Waals surface area contributed by atoms with Crippen molar-refractivity contribution >= 4 is 5.91 Å². The number of rotatable bonds is 1. The van der Waals surface area contributed by atoms with E-state index in [9.17, 15) is 13.6 Å². The van der Waals surface area contributed by atoms with Gasteiger partial charge in [-0.15, -0.1) is 0 Å². The van der Waals surface area contributed by atoms with Crippen LogP contribution in [0.1, 0.15) is 28.8 Å². The van der Waals surface area contributed by atoms with Gasteiger partial charge >= 0.3 is 0 Å². The van der Waals surface area contributed by atoms with Crippen molar-refractivity contribution in [2.45, 2.75) is 19.8 Å². The SMILES string of the molecule is Cc1ccc(F)c(C(=O)N2CCCC2)c1F. The van der Waals surface area contributed by atoms with Gasteiger partial charge < -0.3 is 4.90 Å². The van der Waals surface area contributed by atoms with Crippen molar-refractivity contribution in [2.24, 2.45) is 0 Å². The molecule has 0 radical (unpaired) electrons. The summed E-state index contributed by atoms with van der Waals surface area (Å²) in [7, 11) is 0. The Morgan fingerprint density at radius 1 is 1.25 bits per heavy atom. The lowest BCUT2D eigenvalue weighted by Gasteiger charge is -2.16. The van der Waals surface area contributed by atoms with Gasteiger partial charge in [0.15, 0.2) is 0 Å². The summed E-state index contributed by atoms with van der Waals surface area (Å²) in [4.78, 5) is 13.4. The normalized spacial score (nSPS) is 15.6. The van der Waals surface area contributed by atoms with Gasteiger partial charge in [0.25, 0.3) is 5.91 Å². The minimum atomic E-state index is -0.778. The summed E-state index contributed by atoms with van der Waals surface area (Å²) in [6.45, 7) is 2.70.